The molecule has 0 spiro atoms. The molecule has 2 aliphatic heterocycles. The summed E-state index contributed by atoms with van der Waals surface area (Å²) in [7, 11) is 0. The second-order valence-electron chi connectivity index (χ2n) is 10.4. The molecule has 4 heterocycles. The molecule has 2 saturated heterocycles. The maximum Gasteiger partial charge on any atom is 0.229 e. The Balaban J connectivity index is 1.11. The van der Waals surface area contributed by atoms with Crippen molar-refractivity contribution in [2.75, 3.05) is 43.4 Å². The summed E-state index contributed by atoms with van der Waals surface area (Å²) in [5.74, 6) is 1.53. The number of amides is 1. The molecule has 2 aromatic heterocycles. The Kier molecular flexibility index (Phi) is 6.79. The highest BCUT2D eigenvalue weighted by Crippen LogP contribution is 2.33. The number of aromatic nitrogens is 4. The lowest BCUT2D eigenvalue weighted by atomic mass is 9.92. The summed E-state index contributed by atoms with van der Waals surface area (Å²) in [6.07, 6.45) is 12.5. The standard InChI is InChI=1S/C24H35BrN8O/c1-24(2)8-13-32(22(24)34)10-3-9-26-21-20(25)15-27-23(30-21)29-17-14-28-33(16-17)19-6-11-31(12-7-19)18-4-5-18/h14-16,18-19H,3-13H2,1-2H3,(H2,26,27,29,30). The van der Waals surface area contributed by atoms with Crippen LogP contribution in [0.2, 0.25) is 0 Å². The predicted molar refractivity (Wildman–Crippen MR) is 136 cm³/mol. The zero-order valence-corrected chi connectivity index (χ0v) is 21.7. The molecular weight excluding hydrogens is 496 g/mol. The lowest BCUT2D eigenvalue weighted by molar-refractivity contribution is -0.134. The number of anilines is 3. The van der Waals surface area contributed by atoms with Crippen molar-refractivity contribution in [3.8, 4) is 0 Å². The van der Waals surface area contributed by atoms with E-state index >= 15 is 0 Å². The lowest BCUT2D eigenvalue weighted by Crippen LogP contribution is -2.36. The first-order valence-electron chi connectivity index (χ1n) is 12.5. The minimum atomic E-state index is -0.217. The zero-order valence-electron chi connectivity index (χ0n) is 20.1. The van der Waals surface area contributed by atoms with E-state index in [0.29, 0.717) is 12.0 Å². The molecule has 3 fully saturated rings. The third-order valence-corrected chi connectivity index (χ3v) is 7.89. The molecule has 34 heavy (non-hydrogen) atoms. The molecule has 1 saturated carbocycles. The summed E-state index contributed by atoms with van der Waals surface area (Å²) in [6, 6.07) is 1.31. The Bertz CT molecular complexity index is 1010. The Morgan fingerprint density at radius 3 is 2.62 bits per heavy atom. The van der Waals surface area contributed by atoms with Gasteiger partial charge in [0.2, 0.25) is 11.9 Å². The second kappa shape index (κ2) is 9.81. The summed E-state index contributed by atoms with van der Waals surface area (Å²) in [4.78, 5) is 26.0. The largest absolute Gasteiger partial charge is 0.369 e. The van der Waals surface area contributed by atoms with Gasteiger partial charge in [-0.2, -0.15) is 10.1 Å². The van der Waals surface area contributed by atoms with Crippen LogP contribution in [0.1, 0.15) is 58.4 Å². The first-order valence-corrected chi connectivity index (χ1v) is 13.3. The highest BCUT2D eigenvalue weighted by molar-refractivity contribution is 9.10. The molecule has 2 aromatic rings. The monoisotopic (exact) mass is 530 g/mol. The molecule has 5 rings (SSSR count). The molecule has 0 atom stereocenters. The average molecular weight is 532 g/mol. The van der Waals surface area contributed by atoms with Crippen molar-refractivity contribution in [2.45, 2.75) is 64.5 Å². The van der Waals surface area contributed by atoms with E-state index in [-0.39, 0.29) is 11.3 Å². The van der Waals surface area contributed by atoms with Crippen LogP contribution < -0.4 is 10.6 Å². The Morgan fingerprint density at radius 1 is 1.12 bits per heavy atom. The van der Waals surface area contributed by atoms with Gasteiger partial charge in [-0.3, -0.25) is 9.48 Å². The van der Waals surface area contributed by atoms with Gasteiger partial charge in [0.15, 0.2) is 0 Å². The van der Waals surface area contributed by atoms with Crippen LogP contribution in [0.4, 0.5) is 17.5 Å². The number of carbonyl (C=O) groups is 1. The van der Waals surface area contributed by atoms with Crippen molar-refractivity contribution in [3.05, 3.63) is 23.1 Å². The zero-order chi connectivity index (χ0) is 23.7. The summed E-state index contributed by atoms with van der Waals surface area (Å²) >= 11 is 3.53. The van der Waals surface area contributed by atoms with Gasteiger partial charge in [-0.05, 0) is 54.5 Å². The van der Waals surface area contributed by atoms with E-state index in [4.69, 9.17) is 0 Å². The Morgan fingerprint density at radius 2 is 1.91 bits per heavy atom. The molecule has 0 unspecified atom stereocenters. The van der Waals surface area contributed by atoms with E-state index in [9.17, 15) is 4.79 Å². The number of likely N-dealkylation sites (tertiary alicyclic amines) is 2. The van der Waals surface area contributed by atoms with E-state index < -0.39 is 0 Å². The van der Waals surface area contributed by atoms with E-state index in [1.54, 1.807) is 6.20 Å². The van der Waals surface area contributed by atoms with Crippen LogP contribution in [0.25, 0.3) is 0 Å². The maximum absolute atomic E-state index is 12.4. The third-order valence-electron chi connectivity index (χ3n) is 7.31. The highest BCUT2D eigenvalue weighted by atomic mass is 79.9. The molecule has 0 radical (unpaired) electrons. The van der Waals surface area contributed by atoms with Crippen LogP contribution in [0.3, 0.4) is 0 Å². The minimum Gasteiger partial charge on any atom is -0.369 e. The van der Waals surface area contributed by atoms with Crippen molar-refractivity contribution in [1.82, 2.24) is 29.5 Å². The van der Waals surface area contributed by atoms with Crippen LogP contribution in [-0.4, -0.2) is 74.2 Å². The van der Waals surface area contributed by atoms with Gasteiger partial charge in [-0.1, -0.05) is 13.8 Å². The molecule has 10 heteroatoms. The van der Waals surface area contributed by atoms with Crippen molar-refractivity contribution in [2.24, 2.45) is 5.41 Å². The highest BCUT2D eigenvalue weighted by Gasteiger charge is 2.38. The predicted octanol–water partition coefficient (Wildman–Crippen LogP) is 4.04. The molecule has 1 aliphatic carbocycles. The number of rotatable bonds is 9. The first kappa shape index (κ1) is 23.5. The van der Waals surface area contributed by atoms with Gasteiger partial charge < -0.3 is 20.4 Å². The number of hydrogen-bond donors (Lipinski definition) is 2. The van der Waals surface area contributed by atoms with Crippen molar-refractivity contribution in [1.29, 1.82) is 0 Å². The molecular formula is C24H35BrN8O. The number of piperidine rings is 1. The van der Waals surface area contributed by atoms with Crippen LogP contribution >= 0.6 is 15.9 Å². The topological polar surface area (TPSA) is 91.2 Å². The van der Waals surface area contributed by atoms with Crippen LogP contribution in [-0.2, 0) is 4.79 Å². The fourth-order valence-electron chi connectivity index (χ4n) is 4.98. The van der Waals surface area contributed by atoms with Gasteiger partial charge in [-0.25, -0.2) is 4.98 Å². The third kappa shape index (κ3) is 5.38. The van der Waals surface area contributed by atoms with Gasteiger partial charge in [0, 0.05) is 56.6 Å². The number of nitrogens with zero attached hydrogens (tertiary/aromatic N) is 6. The maximum atomic E-state index is 12.4. The van der Waals surface area contributed by atoms with Crippen molar-refractivity contribution in [3.63, 3.8) is 0 Å². The number of carbonyl (C=O) groups excluding carboxylic acids is 1. The van der Waals surface area contributed by atoms with Crippen LogP contribution in [0, 0.1) is 5.41 Å². The van der Waals surface area contributed by atoms with Crippen LogP contribution in [0.15, 0.2) is 23.1 Å². The summed E-state index contributed by atoms with van der Waals surface area (Å²) in [6.45, 7) is 8.76. The summed E-state index contributed by atoms with van der Waals surface area (Å²) in [5, 5.41) is 11.3. The number of halogens is 1. The first-order chi connectivity index (χ1) is 16.4. The fraction of sp³-hybridized carbons (Fsp3) is 0.667. The van der Waals surface area contributed by atoms with Gasteiger partial charge in [0.05, 0.1) is 22.4 Å². The van der Waals surface area contributed by atoms with E-state index in [1.165, 1.54) is 25.9 Å². The Labute approximate surface area is 209 Å². The van der Waals surface area contributed by atoms with Crippen molar-refractivity contribution >= 4 is 39.3 Å². The Hall–Kier alpha value is -2.20. The summed E-state index contributed by atoms with van der Waals surface area (Å²) in [5.41, 5.74) is 0.680. The van der Waals surface area contributed by atoms with Gasteiger partial charge in [-0.15, -0.1) is 0 Å². The van der Waals surface area contributed by atoms with Gasteiger partial charge in [0.25, 0.3) is 0 Å². The average Bonchev–Trinajstić information content (AvgIpc) is 3.52. The number of hydrogen-bond acceptors (Lipinski definition) is 7. The normalized spacial score (nSPS) is 21.3. The molecule has 9 nitrogen and oxygen atoms in total. The second-order valence-corrected chi connectivity index (χ2v) is 11.3. The molecule has 184 valence electrons. The van der Waals surface area contributed by atoms with Gasteiger partial charge in [0.1, 0.15) is 5.82 Å². The SMILES string of the molecule is CC1(C)CCN(CCCNc2nc(Nc3cnn(C4CCN(C5CC5)CC4)c3)ncc2Br)C1=O. The van der Waals surface area contributed by atoms with E-state index in [2.05, 4.69) is 57.4 Å². The quantitative estimate of drug-likeness (QED) is 0.472. The molecule has 2 N–H and O–H groups in total. The van der Waals surface area contributed by atoms with E-state index in [1.807, 2.05) is 24.9 Å². The van der Waals surface area contributed by atoms with Gasteiger partial charge >= 0.3 is 0 Å². The van der Waals surface area contributed by atoms with E-state index in [0.717, 1.165) is 67.3 Å². The molecule has 0 aromatic carbocycles. The van der Waals surface area contributed by atoms with Crippen molar-refractivity contribution < 1.29 is 4.79 Å². The fourth-order valence-corrected chi connectivity index (χ4v) is 5.31. The number of nitrogens with one attached hydrogen (secondary N) is 2. The molecule has 1 amide bonds. The van der Waals surface area contributed by atoms with Crippen LogP contribution in [0.5, 0.6) is 0 Å². The smallest absolute Gasteiger partial charge is 0.229 e. The lowest BCUT2D eigenvalue weighted by Gasteiger charge is -2.31. The summed E-state index contributed by atoms with van der Waals surface area (Å²) < 4.78 is 2.90. The molecule has 0 bridgehead atoms. The minimum absolute atomic E-state index is 0.217. The molecule has 3 aliphatic rings.